The molecule has 2 heterocycles. The number of nitrogens with zero attached hydrogens (tertiary/aromatic N) is 1. The Labute approximate surface area is 115 Å². The van der Waals surface area contributed by atoms with Crippen LogP contribution in [0.4, 0.5) is 5.69 Å². The molecule has 1 aliphatic carbocycles. The van der Waals surface area contributed by atoms with Gasteiger partial charge in [-0.05, 0) is 25.3 Å². The molecule has 0 radical (unpaired) electrons. The van der Waals surface area contributed by atoms with Crippen molar-refractivity contribution in [1.82, 2.24) is 0 Å². The molecule has 2 atom stereocenters. The van der Waals surface area contributed by atoms with Crippen LogP contribution in [0, 0.1) is 11.8 Å². The highest BCUT2D eigenvalue weighted by atomic mass is 15.1. The monoisotopic (exact) mass is 250 g/mol. The molecule has 1 nitrogen and oxygen atoms in total. The van der Waals surface area contributed by atoms with Gasteiger partial charge in [0, 0.05) is 23.6 Å². The summed E-state index contributed by atoms with van der Waals surface area (Å²) < 4.78 is 2.58. The fourth-order valence-corrected chi connectivity index (χ4v) is 4.00. The minimum Gasteiger partial charge on any atom is -0.195 e. The summed E-state index contributed by atoms with van der Waals surface area (Å²) in [6.45, 7) is 5.77. The lowest BCUT2D eigenvalue weighted by Crippen LogP contribution is -2.18. The molecule has 0 spiro atoms. The summed E-state index contributed by atoms with van der Waals surface area (Å²) >= 11 is 0. The number of hydrogen-bond acceptors (Lipinski definition) is 0. The summed E-state index contributed by atoms with van der Waals surface area (Å²) in [6.07, 6.45) is 7.26. The third-order valence-corrected chi connectivity index (χ3v) is 4.89. The zero-order valence-corrected chi connectivity index (χ0v) is 11.7. The highest BCUT2D eigenvalue weighted by Crippen LogP contribution is 2.40. The highest BCUT2D eigenvalue weighted by molar-refractivity contribution is 6.00. The first-order valence-corrected chi connectivity index (χ1v) is 7.35. The topological polar surface area (TPSA) is 3.01 Å². The number of benzene rings is 1. The second kappa shape index (κ2) is 3.93. The smallest absolute Gasteiger partial charge is 0.195 e. The first-order chi connectivity index (χ1) is 9.24. The van der Waals surface area contributed by atoms with E-state index >= 15 is 0 Å². The first-order valence-electron chi connectivity index (χ1n) is 7.35. The van der Waals surface area contributed by atoms with Crippen molar-refractivity contribution < 1.29 is 4.58 Å². The first kappa shape index (κ1) is 11.2. The van der Waals surface area contributed by atoms with Crippen LogP contribution in [0.1, 0.15) is 25.8 Å². The van der Waals surface area contributed by atoms with E-state index in [2.05, 4.69) is 54.8 Å². The third-order valence-electron chi connectivity index (χ3n) is 4.89. The van der Waals surface area contributed by atoms with Crippen molar-refractivity contribution in [3.63, 3.8) is 0 Å². The molecule has 3 aliphatic rings. The summed E-state index contributed by atoms with van der Waals surface area (Å²) in [4.78, 5) is 0. The predicted molar refractivity (Wildman–Crippen MR) is 79.1 cm³/mol. The number of aryl methyl sites for hydroxylation is 1. The van der Waals surface area contributed by atoms with Gasteiger partial charge >= 0.3 is 0 Å². The predicted octanol–water partition coefficient (Wildman–Crippen LogP) is 3.87. The molecule has 0 saturated heterocycles. The highest BCUT2D eigenvalue weighted by Gasteiger charge is 2.43. The molecule has 1 heteroatoms. The normalized spacial score (nSPS) is 28.3. The van der Waals surface area contributed by atoms with Crippen molar-refractivity contribution in [2.75, 3.05) is 6.54 Å². The van der Waals surface area contributed by atoms with Gasteiger partial charge in [-0.25, -0.2) is 0 Å². The van der Waals surface area contributed by atoms with Gasteiger partial charge in [-0.1, -0.05) is 36.8 Å². The van der Waals surface area contributed by atoms with Crippen LogP contribution in [-0.2, 0) is 6.42 Å². The number of rotatable bonds is 0. The van der Waals surface area contributed by atoms with E-state index in [0.29, 0.717) is 11.8 Å². The lowest BCUT2D eigenvalue weighted by atomic mass is 9.80. The van der Waals surface area contributed by atoms with E-state index in [1.54, 1.807) is 11.3 Å². The standard InChI is InChI=1S/C18H20N/c1-12-9-13(2)16-11-19-17-6-4-3-5-14(17)7-8-18(19)15(16)10-12/h3-6,9-10,13,16H,7-8,11H2,1-2H3/q+1. The Morgan fingerprint density at radius 3 is 2.89 bits per heavy atom. The molecule has 4 rings (SSSR count). The Morgan fingerprint density at radius 2 is 2.00 bits per heavy atom. The maximum absolute atomic E-state index is 2.58. The van der Waals surface area contributed by atoms with E-state index in [0.717, 1.165) is 0 Å². The summed E-state index contributed by atoms with van der Waals surface area (Å²) in [6, 6.07) is 8.92. The zero-order valence-electron chi connectivity index (χ0n) is 11.7. The number of allylic oxidation sites excluding steroid dienone is 3. The van der Waals surface area contributed by atoms with Crippen molar-refractivity contribution in [1.29, 1.82) is 0 Å². The Hall–Kier alpha value is -1.63. The SMILES string of the molecule is CC1=CC(C)C2C[N+]3=C(CCc4ccccc43)C2=C1. The van der Waals surface area contributed by atoms with Gasteiger partial charge in [-0.3, -0.25) is 0 Å². The Bertz CT molecular complexity index is 645. The molecule has 2 aliphatic heterocycles. The van der Waals surface area contributed by atoms with E-state index in [1.807, 2.05) is 0 Å². The molecule has 1 aromatic carbocycles. The molecule has 2 unspecified atom stereocenters. The van der Waals surface area contributed by atoms with E-state index in [1.165, 1.54) is 36.2 Å². The van der Waals surface area contributed by atoms with E-state index < -0.39 is 0 Å². The molecule has 96 valence electrons. The quantitative estimate of drug-likeness (QED) is 0.615. The maximum Gasteiger partial charge on any atom is 0.208 e. The summed E-state index contributed by atoms with van der Waals surface area (Å²) in [5.74, 6) is 1.37. The third kappa shape index (κ3) is 1.57. The van der Waals surface area contributed by atoms with Crippen LogP contribution in [0.25, 0.3) is 0 Å². The van der Waals surface area contributed by atoms with E-state index in [9.17, 15) is 0 Å². The van der Waals surface area contributed by atoms with Gasteiger partial charge < -0.3 is 0 Å². The molecule has 0 amide bonds. The van der Waals surface area contributed by atoms with Crippen molar-refractivity contribution >= 4 is 11.4 Å². The van der Waals surface area contributed by atoms with Gasteiger partial charge in [0.2, 0.25) is 5.69 Å². The van der Waals surface area contributed by atoms with Crippen molar-refractivity contribution in [2.45, 2.75) is 26.7 Å². The van der Waals surface area contributed by atoms with Crippen LogP contribution in [0.15, 0.2) is 47.6 Å². The van der Waals surface area contributed by atoms with Crippen molar-refractivity contribution in [2.24, 2.45) is 11.8 Å². The molecule has 0 fully saturated rings. The Morgan fingerprint density at radius 1 is 1.16 bits per heavy atom. The lowest BCUT2D eigenvalue weighted by molar-refractivity contribution is -0.442. The molecule has 0 saturated carbocycles. The molecular formula is C18H20N+. The fourth-order valence-electron chi connectivity index (χ4n) is 4.00. The Balaban J connectivity index is 1.87. The van der Waals surface area contributed by atoms with Crippen molar-refractivity contribution in [3.05, 3.63) is 53.1 Å². The van der Waals surface area contributed by atoms with Gasteiger partial charge in [-0.2, -0.15) is 4.58 Å². The average molecular weight is 250 g/mol. The molecule has 0 N–H and O–H groups in total. The summed E-state index contributed by atoms with van der Waals surface area (Å²) in [5.41, 5.74) is 7.60. The molecule has 1 aromatic rings. The van der Waals surface area contributed by atoms with Crippen LogP contribution in [0.5, 0.6) is 0 Å². The lowest BCUT2D eigenvalue weighted by Gasteiger charge is -2.19. The Kier molecular flexibility index (Phi) is 2.32. The second-order valence-electron chi connectivity index (χ2n) is 6.16. The maximum atomic E-state index is 2.58. The van der Waals surface area contributed by atoms with E-state index in [-0.39, 0.29) is 0 Å². The van der Waals surface area contributed by atoms with Gasteiger partial charge in [0.1, 0.15) is 0 Å². The molecule has 0 aromatic heterocycles. The van der Waals surface area contributed by atoms with Gasteiger partial charge in [-0.15, -0.1) is 0 Å². The van der Waals surface area contributed by atoms with Crippen LogP contribution < -0.4 is 0 Å². The average Bonchev–Trinajstić information content (AvgIpc) is 2.78. The molecular weight excluding hydrogens is 230 g/mol. The largest absolute Gasteiger partial charge is 0.208 e. The minimum absolute atomic E-state index is 0.672. The molecule has 0 bridgehead atoms. The fraction of sp³-hybridized carbons (Fsp3) is 0.389. The molecule has 19 heavy (non-hydrogen) atoms. The number of para-hydroxylation sites is 1. The van der Waals surface area contributed by atoms with Crippen LogP contribution >= 0.6 is 0 Å². The van der Waals surface area contributed by atoms with Gasteiger partial charge in [0.25, 0.3) is 0 Å². The number of hydrogen-bond donors (Lipinski definition) is 0. The van der Waals surface area contributed by atoms with E-state index in [4.69, 9.17) is 0 Å². The number of fused-ring (bicyclic) bond motifs is 4. The minimum atomic E-state index is 0.672. The van der Waals surface area contributed by atoms with Gasteiger partial charge in [0.05, 0.1) is 5.92 Å². The van der Waals surface area contributed by atoms with Crippen LogP contribution in [-0.4, -0.2) is 16.8 Å². The van der Waals surface area contributed by atoms with Crippen LogP contribution in [0.3, 0.4) is 0 Å². The summed E-state index contributed by atoms with van der Waals surface area (Å²) in [7, 11) is 0. The zero-order chi connectivity index (χ0) is 13.0. The van der Waals surface area contributed by atoms with Crippen molar-refractivity contribution in [3.8, 4) is 0 Å². The van der Waals surface area contributed by atoms with Gasteiger partial charge in [0.15, 0.2) is 12.3 Å². The second-order valence-corrected chi connectivity index (χ2v) is 6.16. The summed E-state index contributed by atoms with van der Waals surface area (Å²) in [5, 5.41) is 0. The van der Waals surface area contributed by atoms with Crippen LogP contribution in [0.2, 0.25) is 0 Å².